The summed E-state index contributed by atoms with van der Waals surface area (Å²) in [6, 6.07) is 10.1. The number of fused-ring (bicyclic) bond motifs is 1. The largest absolute Gasteiger partial charge is 0.369 e. The van der Waals surface area contributed by atoms with Gasteiger partial charge in [-0.15, -0.1) is 0 Å². The summed E-state index contributed by atoms with van der Waals surface area (Å²) in [5.74, 6) is 4.42. The van der Waals surface area contributed by atoms with Gasteiger partial charge in [0.25, 0.3) is 0 Å². The first-order valence-corrected chi connectivity index (χ1v) is 13.7. The quantitative estimate of drug-likeness (QED) is 0.347. The number of nitrogens with one attached hydrogen (secondary N) is 3. The summed E-state index contributed by atoms with van der Waals surface area (Å²) in [5, 5.41) is 11.2. The highest BCUT2D eigenvalue weighted by Gasteiger charge is 2.51. The van der Waals surface area contributed by atoms with Gasteiger partial charge in [-0.1, -0.05) is 26.3 Å². The van der Waals surface area contributed by atoms with Crippen LogP contribution in [0.3, 0.4) is 0 Å². The topological polar surface area (TPSA) is 66.0 Å². The smallest absolute Gasteiger partial charge is 0.224 e. The number of hydrogen-bond acceptors (Lipinski definition) is 4. The van der Waals surface area contributed by atoms with Crippen LogP contribution in [0.15, 0.2) is 30.3 Å². The number of hydrogen-bond donors (Lipinski definition) is 3. The van der Waals surface area contributed by atoms with E-state index >= 15 is 0 Å². The van der Waals surface area contributed by atoms with E-state index in [1.165, 1.54) is 51.4 Å². The van der Waals surface area contributed by atoms with Crippen molar-refractivity contribution in [2.24, 2.45) is 29.1 Å². The summed E-state index contributed by atoms with van der Waals surface area (Å²) in [6.45, 7) is 7.37. The van der Waals surface area contributed by atoms with E-state index in [1.54, 1.807) is 0 Å². The lowest BCUT2D eigenvalue weighted by Crippen LogP contribution is -2.47. The number of rotatable bonds is 11. The first kappa shape index (κ1) is 23.6. The van der Waals surface area contributed by atoms with Crippen LogP contribution >= 0.6 is 0 Å². The molecule has 4 aliphatic rings. The Balaban J connectivity index is 1.16. The molecule has 6 rings (SSSR count). The zero-order valence-electron chi connectivity index (χ0n) is 21.0. The molecule has 1 aromatic carbocycles. The molecule has 0 aliphatic heterocycles. The van der Waals surface area contributed by atoms with Crippen molar-refractivity contribution in [2.75, 3.05) is 30.3 Å². The van der Waals surface area contributed by atoms with Crippen molar-refractivity contribution in [3.8, 4) is 0 Å². The monoisotopic (exact) mass is 462 g/mol. The SMILES string of the molecule is CCCC(C)CNCCNc1ccc2c(NC(=O)CC34CC5CC(CC(C5)C3)C4)cccc2n1. The summed E-state index contributed by atoms with van der Waals surface area (Å²) in [6.07, 6.45) is 11.3. The Morgan fingerprint density at radius 3 is 2.50 bits per heavy atom. The van der Waals surface area contributed by atoms with Crippen LogP contribution in [-0.2, 0) is 4.79 Å². The zero-order valence-corrected chi connectivity index (χ0v) is 21.0. The molecule has 4 aliphatic carbocycles. The van der Waals surface area contributed by atoms with E-state index in [1.807, 2.05) is 24.3 Å². The molecule has 3 N–H and O–H groups in total. The normalized spacial score (nSPS) is 28.2. The maximum absolute atomic E-state index is 13.1. The second-order valence-electron chi connectivity index (χ2n) is 11.7. The maximum Gasteiger partial charge on any atom is 0.224 e. The van der Waals surface area contributed by atoms with E-state index in [0.717, 1.165) is 65.7 Å². The maximum atomic E-state index is 13.1. The zero-order chi connectivity index (χ0) is 23.5. The average molecular weight is 463 g/mol. The van der Waals surface area contributed by atoms with Crippen LogP contribution < -0.4 is 16.0 Å². The number of aromatic nitrogens is 1. The molecule has 0 spiro atoms. The highest BCUT2D eigenvalue weighted by Crippen LogP contribution is 2.61. The van der Waals surface area contributed by atoms with Crippen molar-refractivity contribution < 1.29 is 4.79 Å². The second-order valence-corrected chi connectivity index (χ2v) is 11.7. The van der Waals surface area contributed by atoms with Crippen molar-refractivity contribution in [2.45, 2.75) is 71.6 Å². The van der Waals surface area contributed by atoms with Crippen LogP contribution in [0.2, 0.25) is 0 Å². The number of carbonyl (C=O) groups excluding carboxylic acids is 1. The number of amides is 1. The average Bonchev–Trinajstić information content (AvgIpc) is 2.78. The van der Waals surface area contributed by atoms with E-state index in [0.29, 0.717) is 6.42 Å². The van der Waals surface area contributed by atoms with Gasteiger partial charge in [-0.05, 0) is 105 Å². The van der Waals surface area contributed by atoms with Gasteiger partial charge in [0, 0.05) is 24.9 Å². The number of pyridine rings is 1. The molecule has 0 radical (unpaired) electrons. The van der Waals surface area contributed by atoms with Gasteiger partial charge in [-0.2, -0.15) is 0 Å². The lowest BCUT2D eigenvalue weighted by atomic mass is 9.49. The third kappa shape index (κ3) is 5.40. The molecule has 184 valence electrons. The Morgan fingerprint density at radius 2 is 1.79 bits per heavy atom. The standard InChI is InChI=1S/C29H42N4O/c1-3-5-20(2)19-30-10-11-31-27-9-8-24-25(32-27)6-4-7-26(24)33-28(34)18-29-15-21-12-22(16-29)14-23(13-21)17-29/h4,6-9,20-23,30H,3,5,10-19H2,1-2H3,(H,31,32)(H,33,34). The molecular formula is C29H42N4O. The Bertz CT molecular complexity index is 968. The molecule has 1 unspecified atom stereocenters. The first-order valence-electron chi connectivity index (χ1n) is 13.7. The van der Waals surface area contributed by atoms with Crippen molar-refractivity contribution in [3.05, 3.63) is 30.3 Å². The van der Waals surface area contributed by atoms with Gasteiger partial charge in [-0.3, -0.25) is 4.79 Å². The fourth-order valence-electron chi connectivity index (χ4n) is 7.63. The number of anilines is 2. The molecule has 4 saturated carbocycles. The minimum absolute atomic E-state index is 0.181. The Hall–Kier alpha value is -2.14. The fourth-order valence-corrected chi connectivity index (χ4v) is 7.63. The van der Waals surface area contributed by atoms with E-state index < -0.39 is 0 Å². The van der Waals surface area contributed by atoms with Crippen LogP contribution in [-0.4, -0.2) is 30.5 Å². The van der Waals surface area contributed by atoms with Gasteiger partial charge in [0.05, 0.1) is 11.2 Å². The van der Waals surface area contributed by atoms with E-state index in [4.69, 9.17) is 4.98 Å². The lowest BCUT2D eigenvalue weighted by Gasteiger charge is -2.56. The highest BCUT2D eigenvalue weighted by atomic mass is 16.1. The van der Waals surface area contributed by atoms with Gasteiger partial charge in [-0.25, -0.2) is 4.98 Å². The van der Waals surface area contributed by atoms with Gasteiger partial charge < -0.3 is 16.0 Å². The van der Waals surface area contributed by atoms with E-state index in [2.05, 4.69) is 35.9 Å². The molecule has 1 amide bonds. The van der Waals surface area contributed by atoms with Crippen LogP contribution in [0.25, 0.3) is 10.9 Å². The molecule has 0 saturated heterocycles. The third-order valence-electron chi connectivity index (χ3n) is 8.59. The number of nitrogens with zero attached hydrogens (tertiary/aromatic N) is 1. The summed E-state index contributed by atoms with van der Waals surface area (Å²) in [4.78, 5) is 17.9. The number of benzene rings is 1. The summed E-state index contributed by atoms with van der Waals surface area (Å²) in [7, 11) is 0. The molecule has 5 heteroatoms. The molecular weight excluding hydrogens is 420 g/mol. The van der Waals surface area contributed by atoms with Gasteiger partial charge in [0.15, 0.2) is 0 Å². The van der Waals surface area contributed by atoms with Gasteiger partial charge >= 0.3 is 0 Å². The van der Waals surface area contributed by atoms with Crippen LogP contribution in [0, 0.1) is 29.1 Å². The lowest BCUT2D eigenvalue weighted by molar-refractivity contribution is -0.124. The molecule has 4 fully saturated rings. The second kappa shape index (κ2) is 10.2. The predicted octanol–water partition coefficient (Wildman–Crippen LogP) is 6.22. The van der Waals surface area contributed by atoms with Crippen LogP contribution in [0.5, 0.6) is 0 Å². The van der Waals surface area contributed by atoms with Crippen molar-refractivity contribution in [3.63, 3.8) is 0 Å². The van der Waals surface area contributed by atoms with Crippen LogP contribution in [0.1, 0.15) is 71.6 Å². The van der Waals surface area contributed by atoms with E-state index in [9.17, 15) is 4.79 Å². The predicted molar refractivity (Wildman–Crippen MR) is 141 cm³/mol. The Kier molecular flexibility index (Phi) is 7.10. The van der Waals surface area contributed by atoms with E-state index in [-0.39, 0.29) is 11.3 Å². The molecule has 4 bridgehead atoms. The molecule has 1 heterocycles. The minimum atomic E-state index is 0.181. The minimum Gasteiger partial charge on any atom is -0.369 e. The van der Waals surface area contributed by atoms with Gasteiger partial charge in [0.2, 0.25) is 5.91 Å². The molecule has 34 heavy (non-hydrogen) atoms. The molecule has 1 atom stereocenters. The third-order valence-corrected chi connectivity index (χ3v) is 8.59. The Morgan fingerprint density at radius 1 is 1.06 bits per heavy atom. The summed E-state index contributed by atoms with van der Waals surface area (Å²) in [5.41, 5.74) is 2.07. The summed E-state index contributed by atoms with van der Waals surface area (Å²) >= 11 is 0. The molecule has 2 aromatic rings. The fraction of sp³-hybridized carbons (Fsp3) is 0.655. The number of carbonyl (C=O) groups is 1. The van der Waals surface area contributed by atoms with Crippen molar-refractivity contribution >= 4 is 28.3 Å². The van der Waals surface area contributed by atoms with Crippen molar-refractivity contribution in [1.29, 1.82) is 0 Å². The van der Waals surface area contributed by atoms with Gasteiger partial charge in [0.1, 0.15) is 5.82 Å². The molecule has 5 nitrogen and oxygen atoms in total. The molecule has 1 aromatic heterocycles. The Labute approximate surface area is 204 Å². The summed E-state index contributed by atoms with van der Waals surface area (Å²) < 4.78 is 0. The highest BCUT2D eigenvalue weighted by molar-refractivity contribution is 6.01. The van der Waals surface area contributed by atoms with Crippen molar-refractivity contribution in [1.82, 2.24) is 10.3 Å². The first-order chi connectivity index (χ1) is 16.5. The van der Waals surface area contributed by atoms with Crippen LogP contribution in [0.4, 0.5) is 11.5 Å².